The van der Waals surface area contributed by atoms with Crippen LogP contribution in [0.2, 0.25) is 0 Å². The number of aromatic nitrogens is 1. The molecule has 2 rings (SSSR count). The zero-order chi connectivity index (χ0) is 11.5. The van der Waals surface area contributed by atoms with E-state index >= 15 is 0 Å². The lowest BCUT2D eigenvalue weighted by Gasteiger charge is -2.08. The van der Waals surface area contributed by atoms with Crippen LogP contribution in [0.1, 0.15) is 5.56 Å². The number of hydrogen-bond donors (Lipinski definition) is 1. The van der Waals surface area contributed by atoms with Gasteiger partial charge in [-0.15, -0.1) is 0 Å². The molecule has 1 amide bonds. The number of hydrogen-bond acceptors (Lipinski definition) is 2. The van der Waals surface area contributed by atoms with Crippen molar-refractivity contribution in [2.75, 3.05) is 5.32 Å². The molecule has 3 nitrogen and oxygen atoms in total. The van der Waals surface area contributed by atoms with E-state index in [1.54, 1.807) is 6.20 Å². The van der Waals surface area contributed by atoms with Gasteiger partial charge in [-0.05, 0) is 36.8 Å². The summed E-state index contributed by atoms with van der Waals surface area (Å²) in [6.07, 6.45) is 3.00. The highest BCUT2D eigenvalue weighted by Gasteiger charge is 2.05. The fourth-order valence-electron chi connectivity index (χ4n) is 1.61. The van der Waals surface area contributed by atoms with Gasteiger partial charge in [-0.25, -0.2) is 0 Å². The normalized spacial score (nSPS) is 10.1. The molecule has 80 valence electrons. The third-order valence-electron chi connectivity index (χ3n) is 2.41. The van der Waals surface area contributed by atoms with Crippen molar-refractivity contribution in [2.45, 2.75) is 6.92 Å². The summed E-state index contributed by atoms with van der Waals surface area (Å²) >= 11 is 0. The van der Waals surface area contributed by atoms with Gasteiger partial charge in [0.2, 0.25) is 5.91 Å². The summed E-state index contributed by atoms with van der Waals surface area (Å²) in [5.41, 5.74) is 2.76. The second-order valence-electron chi connectivity index (χ2n) is 3.52. The first-order chi connectivity index (χ1) is 7.72. The fraction of sp³-hybridized carbons (Fsp3) is 0.0769. The molecule has 2 aromatic rings. The van der Waals surface area contributed by atoms with E-state index in [0.29, 0.717) is 0 Å². The largest absolute Gasteiger partial charge is 0.322 e. The molecule has 0 aliphatic rings. The molecule has 0 aliphatic carbocycles. The second-order valence-corrected chi connectivity index (χ2v) is 3.52. The molecule has 0 bridgehead atoms. The van der Waals surface area contributed by atoms with Gasteiger partial charge in [-0.3, -0.25) is 9.78 Å². The van der Waals surface area contributed by atoms with Gasteiger partial charge >= 0.3 is 0 Å². The van der Waals surface area contributed by atoms with E-state index in [4.69, 9.17) is 0 Å². The molecule has 16 heavy (non-hydrogen) atoms. The van der Waals surface area contributed by atoms with Crippen molar-refractivity contribution in [1.29, 1.82) is 0 Å². The van der Waals surface area contributed by atoms with Crippen LogP contribution >= 0.6 is 0 Å². The molecule has 0 atom stereocenters. The molecule has 0 spiro atoms. The third kappa shape index (κ3) is 1.80. The third-order valence-corrected chi connectivity index (χ3v) is 2.41. The number of nitrogens with zero attached hydrogens (tertiary/aromatic N) is 1. The Morgan fingerprint density at radius 1 is 1.44 bits per heavy atom. The van der Waals surface area contributed by atoms with Gasteiger partial charge in [0.1, 0.15) is 0 Å². The van der Waals surface area contributed by atoms with E-state index in [-0.39, 0.29) is 5.91 Å². The van der Waals surface area contributed by atoms with Crippen LogP contribution in [0.25, 0.3) is 10.9 Å². The number of carbonyl (C=O) groups excluding carboxylic acids is 1. The summed E-state index contributed by atoms with van der Waals surface area (Å²) in [6, 6.07) is 7.61. The first kappa shape index (κ1) is 10.4. The Kier molecular flexibility index (Phi) is 2.68. The molecular weight excluding hydrogens is 200 g/mol. The Bertz CT molecular complexity index is 561. The number of fused-ring (bicyclic) bond motifs is 1. The fourth-order valence-corrected chi connectivity index (χ4v) is 1.61. The van der Waals surface area contributed by atoms with Crippen LogP contribution in [0.5, 0.6) is 0 Å². The van der Waals surface area contributed by atoms with Crippen LogP contribution in [-0.4, -0.2) is 10.9 Å². The molecule has 1 heterocycles. The number of aryl methyl sites for hydroxylation is 1. The molecule has 0 saturated heterocycles. The second kappa shape index (κ2) is 4.14. The molecule has 0 unspecified atom stereocenters. The Balaban J connectivity index is 2.58. The van der Waals surface area contributed by atoms with Crippen LogP contribution in [0.4, 0.5) is 5.69 Å². The first-order valence-corrected chi connectivity index (χ1v) is 5.00. The number of benzene rings is 1. The summed E-state index contributed by atoms with van der Waals surface area (Å²) in [6.45, 7) is 5.42. The molecule has 1 N–H and O–H groups in total. The van der Waals surface area contributed by atoms with Gasteiger partial charge in [0.25, 0.3) is 0 Å². The first-order valence-electron chi connectivity index (χ1n) is 5.00. The van der Waals surface area contributed by atoms with Crippen molar-refractivity contribution in [3.05, 3.63) is 48.7 Å². The zero-order valence-electron chi connectivity index (χ0n) is 9.03. The molecule has 0 fully saturated rings. The lowest BCUT2D eigenvalue weighted by molar-refractivity contribution is -0.111. The summed E-state index contributed by atoms with van der Waals surface area (Å²) < 4.78 is 0. The Morgan fingerprint density at radius 3 is 3.00 bits per heavy atom. The maximum atomic E-state index is 11.3. The molecule has 0 radical (unpaired) electrons. The van der Waals surface area contributed by atoms with E-state index in [0.717, 1.165) is 22.2 Å². The number of pyridine rings is 1. The zero-order valence-corrected chi connectivity index (χ0v) is 9.03. The lowest BCUT2D eigenvalue weighted by Crippen LogP contribution is -2.07. The van der Waals surface area contributed by atoms with Gasteiger partial charge < -0.3 is 5.32 Å². The minimum atomic E-state index is -0.214. The van der Waals surface area contributed by atoms with Crippen molar-refractivity contribution < 1.29 is 4.79 Å². The number of amides is 1. The monoisotopic (exact) mass is 212 g/mol. The predicted molar refractivity (Wildman–Crippen MR) is 65.3 cm³/mol. The van der Waals surface area contributed by atoms with Crippen molar-refractivity contribution in [2.24, 2.45) is 0 Å². The number of carbonyl (C=O) groups is 1. The Labute approximate surface area is 93.8 Å². The average Bonchev–Trinajstić information content (AvgIpc) is 2.33. The Morgan fingerprint density at radius 2 is 2.25 bits per heavy atom. The minimum absolute atomic E-state index is 0.214. The Hall–Kier alpha value is -2.16. The molecule has 0 saturated carbocycles. The number of nitrogens with one attached hydrogen (secondary N) is 1. The minimum Gasteiger partial charge on any atom is -0.322 e. The topological polar surface area (TPSA) is 42.0 Å². The van der Waals surface area contributed by atoms with E-state index in [9.17, 15) is 4.79 Å². The average molecular weight is 212 g/mol. The van der Waals surface area contributed by atoms with E-state index in [1.807, 2.05) is 31.2 Å². The van der Waals surface area contributed by atoms with Gasteiger partial charge in [0.05, 0.1) is 11.2 Å². The van der Waals surface area contributed by atoms with Crippen molar-refractivity contribution in [1.82, 2.24) is 4.98 Å². The molecule has 3 heteroatoms. The van der Waals surface area contributed by atoms with E-state index < -0.39 is 0 Å². The van der Waals surface area contributed by atoms with Gasteiger partial charge in [-0.1, -0.05) is 12.6 Å². The maximum Gasteiger partial charge on any atom is 0.247 e. The van der Waals surface area contributed by atoms with Crippen molar-refractivity contribution >= 4 is 22.5 Å². The highest BCUT2D eigenvalue weighted by Crippen LogP contribution is 2.24. The highest BCUT2D eigenvalue weighted by atomic mass is 16.1. The highest BCUT2D eigenvalue weighted by molar-refractivity contribution is 6.05. The summed E-state index contributed by atoms with van der Waals surface area (Å²) in [5, 5.41) is 3.71. The summed E-state index contributed by atoms with van der Waals surface area (Å²) in [7, 11) is 0. The van der Waals surface area contributed by atoms with Crippen LogP contribution in [0, 0.1) is 6.92 Å². The number of anilines is 1. The number of rotatable bonds is 2. The SMILES string of the molecule is C=CC(=O)Nc1ccc(C)c2ncccc12. The molecule has 1 aromatic heterocycles. The smallest absolute Gasteiger partial charge is 0.247 e. The van der Waals surface area contributed by atoms with Crippen LogP contribution < -0.4 is 5.32 Å². The molecule has 0 aliphatic heterocycles. The van der Waals surface area contributed by atoms with Gasteiger partial charge in [0.15, 0.2) is 0 Å². The lowest BCUT2D eigenvalue weighted by atomic mass is 10.1. The van der Waals surface area contributed by atoms with Crippen LogP contribution in [0.3, 0.4) is 0 Å². The van der Waals surface area contributed by atoms with E-state index in [2.05, 4.69) is 16.9 Å². The quantitative estimate of drug-likeness (QED) is 0.777. The van der Waals surface area contributed by atoms with Crippen molar-refractivity contribution in [3.8, 4) is 0 Å². The molecular formula is C13H12N2O. The van der Waals surface area contributed by atoms with Crippen LogP contribution in [-0.2, 0) is 4.79 Å². The summed E-state index contributed by atoms with van der Waals surface area (Å²) in [5.74, 6) is -0.214. The standard InChI is InChI=1S/C13H12N2O/c1-3-12(16)15-11-7-6-9(2)13-10(11)5-4-8-14-13/h3-8H,1H2,2H3,(H,15,16). The predicted octanol–water partition coefficient (Wildman–Crippen LogP) is 2.67. The van der Waals surface area contributed by atoms with Gasteiger partial charge in [-0.2, -0.15) is 0 Å². The summed E-state index contributed by atoms with van der Waals surface area (Å²) in [4.78, 5) is 15.6. The molecule has 1 aromatic carbocycles. The van der Waals surface area contributed by atoms with Crippen molar-refractivity contribution in [3.63, 3.8) is 0 Å². The maximum absolute atomic E-state index is 11.3. The van der Waals surface area contributed by atoms with Crippen LogP contribution in [0.15, 0.2) is 43.1 Å². The van der Waals surface area contributed by atoms with Gasteiger partial charge in [0, 0.05) is 11.6 Å². The van der Waals surface area contributed by atoms with E-state index in [1.165, 1.54) is 6.08 Å².